The molecule has 0 aromatic heterocycles. The molecule has 3 heteroatoms. The SMILES string of the molecule is COC1CCN(C(CN)C2CCCC2)C1. The summed E-state index contributed by atoms with van der Waals surface area (Å²) in [5, 5.41) is 0. The quantitative estimate of drug-likeness (QED) is 0.761. The van der Waals surface area contributed by atoms with E-state index in [1.54, 1.807) is 0 Å². The average molecular weight is 212 g/mol. The van der Waals surface area contributed by atoms with Crippen LogP contribution in [-0.2, 0) is 4.74 Å². The maximum absolute atomic E-state index is 5.94. The molecule has 1 heterocycles. The lowest BCUT2D eigenvalue weighted by Gasteiger charge is -2.31. The molecule has 2 aliphatic rings. The molecule has 2 atom stereocenters. The lowest BCUT2D eigenvalue weighted by atomic mass is 9.97. The second kappa shape index (κ2) is 5.28. The molecule has 1 saturated heterocycles. The fraction of sp³-hybridized carbons (Fsp3) is 1.00. The molecule has 1 aliphatic carbocycles. The predicted molar refractivity (Wildman–Crippen MR) is 61.8 cm³/mol. The van der Waals surface area contributed by atoms with Gasteiger partial charge in [0.25, 0.3) is 0 Å². The summed E-state index contributed by atoms with van der Waals surface area (Å²) >= 11 is 0. The number of nitrogens with zero attached hydrogens (tertiary/aromatic N) is 1. The van der Waals surface area contributed by atoms with Crippen LogP contribution in [0.25, 0.3) is 0 Å². The smallest absolute Gasteiger partial charge is 0.0710 e. The number of likely N-dealkylation sites (tertiary alicyclic amines) is 1. The van der Waals surface area contributed by atoms with Gasteiger partial charge in [0.1, 0.15) is 0 Å². The van der Waals surface area contributed by atoms with Crippen LogP contribution in [-0.4, -0.2) is 43.8 Å². The van der Waals surface area contributed by atoms with Crippen molar-refractivity contribution in [2.45, 2.75) is 44.2 Å². The molecule has 0 radical (unpaired) electrons. The molecule has 2 fully saturated rings. The standard InChI is InChI=1S/C12H24N2O/c1-15-11-6-7-14(9-11)12(8-13)10-4-2-3-5-10/h10-12H,2-9,13H2,1H3. The first-order valence-corrected chi connectivity index (χ1v) is 6.32. The third-order valence-corrected chi connectivity index (χ3v) is 4.16. The highest BCUT2D eigenvalue weighted by Crippen LogP contribution is 2.31. The van der Waals surface area contributed by atoms with Gasteiger partial charge in [0.2, 0.25) is 0 Å². The van der Waals surface area contributed by atoms with E-state index in [1.165, 1.54) is 38.6 Å². The Morgan fingerprint density at radius 2 is 2.07 bits per heavy atom. The van der Waals surface area contributed by atoms with Gasteiger partial charge in [0, 0.05) is 32.8 Å². The molecule has 0 spiro atoms. The van der Waals surface area contributed by atoms with Crippen LogP contribution < -0.4 is 5.73 Å². The van der Waals surface area contributed by atoms with Gasteiger partial charge in [0.05, 0.1) is 6.10 Å². The number of methoxy groups -OCH3 is 1. The molecule has 88 valence electrons. The minimum Gasteiger partial charge on any atom is -0.380 e. The van der Waals surface area contributed by atoms with Crippen molar-refractivity contribution >= 4 is 0 Å². The van der Waals surface area contributed by atoms with E-state index in [9.17, 15) is 0 Å². The molecule has 0 aromatic rings. The Morgan fingerprint density at radius 3 is 2.60 bits per heavy atom. The van der Waals surface area contributed by atoms with Crippen LogP contribution in [0.5, 0.6) is 0 Å². The first-order chi connectivity index (χ1) is 7.35. The van der Waals surface area contributed by atoms with Crippen molar-refractivity contribution in [1.29, 1.82) is 0 Å². The van der Waals surface area contributed by atoms with E-state index < -0.39 is 0 Å². The Morgan fingerprint density at radius 1 is 1.33 bits per heavy atom. The van der Waals surface area contributed by atoms with Crippen molar-refractivity contribution in [1.82, 2.24) is 4.90 Å². The Hall–Kier alpha value is -0.120. The second-order valence-electron chi connectivity index (χ2n) is 4.99. The van der Waals surface area contributed by atoms with Crippen molar-refractivity contribution in [2.75, 3.05) is 26.7 Å². The summed E-state index contributed by atoms with van der Waals surface area (Å²) in [7, 11) is 1.82. The predicted octanol–water partition coefficient (Wildman–Crippen LogP) is 1.22. The lowest BCUT2D eigenvalue weighted by molar-refractivity contribution is 0.0933. The van der Waals surface area contributed by atoms with Gasteiger partial charge in [-0.25, -0.2) is 0 Å². The first kappa shape index (κ1) is 11.4. The van der Waals surface area contributed by atoms with E-state index in [2.05, 4.69) is 4.90 Å². The summed E-state index contributed by atoms with van der Waals surface area (Å²) < 4.78 is 5.42. The summed E-state index contributed by atoms with van der Waals surface area (Å²) in [4.78, 5) is 2.56. The fourth-order valence-electron chi connectivity index (χ4n) is 3.23. The van der Waals surface area contributed by atoms with E-state index in [4.69, 9.17) is 10.5 Å². The largest absolute Gasteiger partial charge is 0.380 e. The van der Waals surface area contributed by atoms with Gasteiger partial charge in [-0.2, -0.15) is 0 Å². The highest BCUT2D eigenvalue weighted by Gasteiger charge is 2.33. The monoisotopic (exact) mass is 212 g/mol. The molecule has 0 amide bonds. The Kier molecular flexibility index (Phi) is 4.00. The molecule has 15 heavy (non-hydrogen) atoms. The Labute approximate surface area is 93.0 Å². The normalized spacial score (nSPS) is 31.2. The van der Waals surface area contributed by atoms with Gasteiger partial charge in [-0.3, -0.25) is 4.90 Å². The van der Waals surface area contributed by atoms with Gasteiger partial charge in [-0.15, -0.1) is 0 Å². The van der Waals surface area contributed by atoms with Crippen LogP contribution in [0.15, 0.2) is 0 Å². The minimum atomic E-state index is 0.445. The fourth-order valence-corrected chi connectivity index (χ4v) is 3.23. The highest BCUT2D eigenvalue weighted by atomic mass is 16.5. The van der Waals surface area contributed by atoms with Crippen molar-refractivity contribution < 1.29 is 4.74 Å². The van der Waals surface area contributed by atoms with Gasteiger partial charge in [-0.1, -0.05) is 12.8 Å². The maximum atomic E-state index is 5.94. The summed E-state index contributed by atoms with van der Waals surface area (Å²) in [6.45, 7) is 3.09. The number of hydrogen-bond acceptors (Lipinski definition) is 3. The van der Waals surface area contributed by atoms with Gasteiger partial charge < -0.3 is 10.5 Å². The van der Waals surface area contributed by atoms with Crippen LogP contribution in [0.1, 0.15) is 32.1 Å². The molecular weight excluding hydrogens is 188 g/mol. The van der Waals surface area contributed by atoms with Gasteiger partial charge in [0.15, 0.2) is 0 Å². The zero-order valence-corrected chi connectivity index (χ0v) is 9.82. The van der Waals surface area contributed by atoms with E-state index in [0.29, 0.717) is 12.1 Å². The molecule has 2 unspecified atom stereocenters. The topological polar surface area (TPSA) is 38.5 Å². The zero-order chi connectivity index (χ0) is 10.7. The number of ether oxygens (including phenoxy) is 1. The van der Waals surface area contributed by atoms with Gasteiger partial charge >= 0.3 is 0 Å². The molecule has 0 bridgehead atoms. The number of hydrogen-bond donors (Lipinski definition) is 1. The molecule has 2 N–H and O–H groups in total. The third kappa shape index (κ3) is 2.52. The third-order valence-electron chi connectivity index (χ3n) is 4.16. The number of nitrogens with two attached hydrogens (primary N) is 1. The molecular formula is C12H24N2O. The highest BCUT2D eigenvalue weighted by molar-refractivity contribution is 4.88. The molecule has 1 saturated carbocycles. The summed E-state index contributed by atoms with van der Waals surface area (Å²) in [5.74, 6) is 0.852. The van der Waals surface area contributed by atoms with Crippen LogP contribution in [0.2, 0.25) is 0 Å². The summed E-state index contributed by atoms with van der Waals surface area (Å²) in [6, 6.07) is 0.618. The Bertz CT molecular complexity index is 192. The lowest BCUT2D eigenvalue weighted by Crippen LogP contribution is -2.44. The van der Waals surface area contributed by atoms with E-state index in [-0.39, 0.29) is 0 Å². The van der Waals surface area contributed by atoms with Crippen molar-refractivity contribution in [3.8, 4) is 0 Å². The van der Waals surface area contributed by atoms with E-state index >= 15 is 0 Å². The first-order valence-electron chi connectivity index (χ1n) is 6.32. The van der Waals surface area contributed by atoms with Crippen LogP contribution in [0.3, 0.4) is 0 Å². The van der Waals surface area contributed by atoms with Crippen LogP contribution in [0.4, 0.5) is 0 Å². The molecule has 3 nitrogen and oxygen atoms in total. The average Bonchev–Trinajstić information content (AvgIpc) is 2.89. The number of rotatable bonds is 4. The van der Waals surface area contributed by atoms with Crippen LogP contribution >= 0.6 is 0 Å². The minimum absolute atomic E-state index is 0.445. The zero-order valence-electron chi connectivity index (χ0n) is 9.82. The van der Waals surface area contributed by atoms with Crippen molar-refractivity contribution in [3.05, 3.63) is 0 Å². The van der Waals surface area contributed by atoms with Crippen molar-refractivity contribution in [3.63, 3.8) is 0 Å². The van der Waals surface area contributed by atoms with E-state index in [1.807, 2.05) is 7.11 Å². The summed E-state index contributed by atoms with van der Waals surface area (Å²) in [6.07, 6.45) is 7.21. The second-order valence-corrected chi connectivity index (χ2v) is 4.99. The molecule has 1 aliphatic heterocycles. The van der Waals surface area contributed by atoms with Gasteiger partial charge in [-0.05, 0) is 25.2 Å². The van der Waals surface area contributed by atoms with Crippen molar-refractivity contribution in [2.24, 2.45) is 11.7 Å². The molecule has 2 rings (SSSR count). The maximum Gasteiger partial charge on any atom is 0.0710 e. The molecule has 0 aromatic carbocycles. The Balaban J connectivity index is 1.89. The van der Waals surface area contributed by atoms with E-state index in [0.717, 1.165) is 19.0 Å². The summed E-state index contributed by atoms with van der Waals surface area (Å²) in [5.41, 5.74) is 5.94. The van der Waals surface area contributed by atoms with Crippen LogP contribution in [0, 0.1) is 5.92 Å².